The minimum atomic E-state index is -0.282. The third kappa shape index (κ3) is 8.55. The Hall–Kier alpha value is -4.08. The van der Waals surface area contributed by atoms with Crippen LogP contribution in [0.1, 0.15) is 79.6 Å². The summed E-state index contributed by atoms with van der Waals surface area (Å²) in [4.78, 5) is 24.8. The Morgan fingerprint density at radius 3 is 2.38 bits per heavy atom. The molecular formula is C36H45ClN6O2. The summed E-state index contributed by atoms with van der Waals surface area (Å²) in [7, 11) is 4.09. The number of allylic oxidation sites excluding steroid dienone is 1. The lowest BCUT2D eigenvalue weighted by Crippen LogP contribution is -2.49. The van der Waals surface area contributed by atoms with Crippen LogP contribution >= 0.6 is 11.6 Å². The highest BCUT2D eigenvalue weighted by Gasteiger charge is 2.34. The molecule has 2 atom stereocenters. The Labute approximate surface area is 273 Å². The maximum atomic E-state index is 12.0. The Bertz CT molecular complexity index is 1490. The third-order valence-electron chi connectivity index (χ3n) is 8.66. The summed E-state index contributed by atoms with van der Waals surface area (Å²) in [6.07, 6.45) is 28.0. The van der Waals surface area contributed by atoms with Crippen LogP contribution < -0.4 is 5.73 Å². The fourth-order valence-electron chi connectivity index (χ4n) is 6.05. The average molecular weight is 629 g/mol. The molecule has 2 fully saturated rings. The van der Waals surface area contributed by atoms with Crippen LogP contribution in [0, 0.1) is 25.7 Å². The van der Waals surface area contributed by atoms with E-state index in [9.17, 15) is 4.79 Å². The Balaban J connectivity index is 0.000000239. The molecule has 238 valence electrons. The first-order valence-electron chi connectivity index (χ1n) is 15.2. The van der Waals surface area contributed by atoms with Crippen molar-refractivity contribution < 1.29 is 9.53 Å². The summed E-state index contributed by atoms with van der Waals surface area (Å²) >= 11 is 6.31. The lowest BCUT2D eigenvalue weighted by Gasteiger charge is -2.34. The minimum Gasteiger partial charge on any atom is -0.443 e. The smallest absolute Gasteiger partial charge is 0.410 e. The summed E-state index contributed by atoms with van der Waals surface area (Å²) in [5.41, 5.74) is 12.7. The number of fused-ring (bicyclic) bond motifs is 2. The van der Waals surface area contributed by atoms with Crippen LogP contribution in [0.15, 0.2) is 49.1 Å². The number of aromatic nitrogens is 3. The number of piperazine rings is 1. The van der Waals surface area contributed by atoms with Crippen LogP contribution in [-0.4, -0.2) is 69.3 Å². The number of aryl methyl sites for hydroxylation is 1. The van der Waals surface area contributed by atoms with Gasteiger partial charge in [0.1, 0.15) is 5.60 Å². The van der Waals surface area contributed by atoms with Crippen molar-refractivity contribution in [1.82, 2.24) is 24.3 Å². The second kappa shape index (κ2) is 16.3. The van der Waals surface area contributed by atoms with E-state index in [4.69, 9.17) is 22.1 Å². The fraction of sp³-hybridized carbons (Fsp3) is 0.417. The quantitative estimate of drug-likeness (QED) is 0.339. The largest absolute Gasteiger partial charge is 0.443 e. The standard InChI is InChI=1S/C20H19ClN4.C12H22N2O2.2C2H2/c1-12(18-10-23-11-25(18)2)16-8-13-4-3-7-24-20(13)19(22)15-6-5-14(21)9-17(15)16;1-12(5-3-4-6-12)16-11(15)14-9-7-13(2)8-10-14;2*1-2/h3-12,19H,22H2,1-2H3;3-10H2,1-2H3;2*1-2H/t12-,19-;;;/m1.../s1. The molecule has 1 amide bonds. The van der Waals surface area contributed by atoms with Gasteiger partial charge in [-0.25, -0.2) is 9.78 Å². The molecule has 8 nitrogen and oxygen atoms in total. The maximum Gasteiger partial charge on any atom is 0.410 e. The van der Waals surface area contributed by atoms with Crippen molar-refractivity contribution in [2.24, 2.45) is 12.8 Å². The number of imidazole rings is 1. The van der Waals surface area contributed by atoms with Gasteiger partial charge >= 0.3 is 6.09 Å². The van der Waals surface area contributed by atoms with Gasteiger partial charge in [-0.15, -0.1) is 25.7 Å². The number of hydrogen-bond donors (Lipinski definition) is 1. The number of hydrogen-bond acceptors (Lipinski definition) is 6. The van der Waals surface area contributed by atoms with Gasteiger partial charge in [-0.2, -0.15) is 0 Å². The van der Waals surface area contributed by atoms with Crippen molar-refractivity contribution in [2.45, 2.75) is 57.1 Å². The lowest BCUT2D eigenvalue weighted by molar-refractivity contribution is -0.000412. The summed E-state index contributed by atoms with van der Waals surface area (Å²) in [6.45, 7) is 7.74. The molecule has 2 aliphatic carbocycles. The number of likely N-dealkylation sites (N-methyl/N-ethyl adjacent to an activating group) is 1. The number of halogens is 1. The second-order valence-corrected chi connectivity index (χ2v) is 12.2. The van der Waals surface area contributed by atoms with Crippen LogP contribution in [0.2, 0.25) is 5.02 Å². The summed E-state index contributed by atoms with van der Waals surface area (Å²) < 4.78 is 7.69. The van der Waals surface area contributed by atoms with E-state index in [0.717, 1.165) is 67.1 Å². The molecule has 9 heteroatoms. The van der Waals surface area contributed by atoms with Crippen LogP contribution in [0.3, 0.4) is 0 Å². The first-order chi connectivity index (χ1) is 21.6. The molecule has 0 unspecified atom stereocenters. The predicted octanol–water partition coefficient (Wildman–Crippen LogP) is 6.38. The second-order valence-electron chi connectivity index (χ2n) is 11.8. The fourth-order valence-corrected chi connectivity index (χ4v) is 6.22. The normalized spacial score (nSPS) is 18.8. The van der Waals surface area contributed by atoms with Crippen molar-refractivity contribution in [3.8, 4) is 25.7 Å². The number of nitrogens with two attached hydrogens (primary N) is 1. The lowest BCUT2D eigenvalue weighted by atomic mass is 9.87. The summed E-state index contributed by atoms with van der Waals surface area (Å²) in [5.74, 6) is 0.142. The van der Waals surface area contributed by atoms with Crippen LogP contribution in [0.25, 0.3) is 11.6 Å². The Kier molecular flexibility index (Phi) is 12.8. The molecule has 2 N–H and O–H groups in total. The molecule has 1 aromatic carbocycles. The minimum absolute atomic E-state index is 0.113. The van der Waals surface area contributed by atoms with E-state index in [1.54, 1.807) is 6.20 Å². The third-order valence-corrected chi connectivity index (χ3v) is 8.89. The van der Waals surface area contributed by atoms with Gasteiger partial charge in [0.25, 0.3) is 0 Å². The highest BCUT2D eigenvalue weighted by atomic mass is 35.5. The summed E-state index contributed by atoms with van der Waals surface area (Å²) in [5, 5.41) is 0.702. The molecule has 1 saturated carbocycles. The maximum absolute atomic E-state index is 12.0. The molecule has 1 saturated heterocycles. The average Bonchev–Trinajstić information content (AvgIpc) is 3.66. The van der Waals surface area contributed by atoms with E-state index in [2.05, 4.69) is 73.6 Å². The van der Waals surface area contributed by atoms with E-state index in [1.807, 2.05) is 53.3 Å². The SMILES string of the molecule is C#C.C#C.CN1CCN(C(=O)OC2(C)CCCC2)CC1.C[C@H](C1=Cc2cccnc2[C@H](N)c2ccc(Cl)cc21)c1cncn1C. The van der Waals surface area contributed by atoms with Crippen molar-refractivity contribution >= 4 is 29.3 Å². The van der Waals surface area contributed by atoms with Crippen molar-refractivity contribution in [3.05, 3.63) is 82.2 Å². The zero-order valence-electron chi connectivity index (χ0n) is 26.8. The Morgan fingerprint density at radius 2 is 1.76 bits per heavy atom. The molecule has 45 heavy (non-hydrogen) atoms. The van der Waals surface area contributed by atoms with Crippen LogP contribution in [0.5, 0.6) is 0 Å². The van der Waals surface area contributed by atoms with Gasteiger partial charge in [-0.05, 0) is 86.2 Å². The number of terminal acetylenes is 2. The number of amides is 1. The van der Waals surface area contributed by atoms with E-state index in [0.29, 0.717) is 5.02 Å². The number of rotatable bonds is 3. The van der Waals surface area contributed by atoms with Gasteiger partial charge in [-0.3, -0.25) is 4.98 Å². The Morgan fingerprint density at radius 1 is 1.09 bits per heavy atom. The molecule has 0 spiro atoms. The van der Waals surface area contributed by atoms with Gasteiger partial charge in [0.2, 0.25) is 0 Å². The molecular weight excluding hydrogens is 584 g/mol. The van der Waals surface area contributed by atoms with Crippen molar-refractivity contribution in [3.63, 3.8) is 0 Å². The van der Waals surface area contributed by atoms with Crippen LogP contribution in [-0.2, 0) is 11.8 Å². The van der Waals surface area contributed by atoms with Gasteiger partial charge in [0.15, 0.2) is 0 Å². The molecule has 0 bridgehead atoms. The number of pyridine rings is 1. The monoisotopic (exact) mass is 628 g/mol. The number of carbonyl (C=O) groups is 1. The van der Waals surface area contributed by atoms with Gasteiger partial charge < -0.3 is 24.8 Å². The molecule has 6 rings (SSSR count). The first-order valence-corrected chi connectivity index (χ1v) is 15.5. The van der Waals surface area contributed by atoms with E-state index in [-0.39, 0.29) is 23.7 Å². The number of ether oxygens (including phenoxy) is 1. The van der Waals surface area contributed by atoms with Gasteiger partial charge in [0.05, 0.1) is 18.1 Å². The first kappa shape index (κ1) is 35.4. The number of benzene rings is 1. The number of carbonyl (C=O) groups excluding carboxylic acids is 1. The molecule has 3 heterocycles. The topological polar surface area (TPSA) is 89.5 Å². The predicted molar refractivity (Wildman–Crippen MR) is 183 cm³/mol. The molecule has 3 aromatic rings. The van der Waals surface area contributed by atoms with Crippen molar-refractivity contribution in [2.75, 3.05) is 33.2 Å². The summed E-state index contributed by atoms with van der Waals surface area (Å²) in [6, 6.07) is 9.62. The molecule has 0 radical (unpaired) electrons. The van der Waals surface area contributed by atoms with E-state index in [1.165, 1.54) is 18.4 Å². The zero-order chi connectivity index (χ0) is 33.1. The molecule has 1 aliphatic heterocycles. The molecule has 2 aromatic heterocycles. The van der Waals surface area contributed by atoms with E-state index < -0.39 is 0 Å². The zero-order valence-corrected chi connectivity index (χ0v) is 27.6. The highest BCUT2D eigenvalue weighted by molar-refractivity contribution is 6.30. The number of nitrogens with zero attached hydrogens (tertiary/aromatic N) is 5. The van der Waals surface area contributed by atoms with Gasteiger partial charge in [0, 0.05) is 62.3 Å². The highest BCUT2D eigenvalue weighted by Crippen LogP contribution is 2.41. The van der Waals surface area contributed by atoms with Crippen LogP contribution in [0.4, 0.5) is 4.79 Å². The molecule has 3 aliphatic rings. The van der Waals surface area contributed by atoms with E-state index >= 15 is 0 Å². The van der Waals surface area contributed by atoms with Gasteiger partial charge in [-0.1, -0.05) is 30.7 Å². The van der Waals surface area contributed by atoms with Crippen molar-refractivity contribution in [1.29, 1.82) is 0 Å².